The summed E-state index contributed by atoms with van der Waals surface area (Å²) in [5, 5.41) is 2.68. The Labute approximate surface area is 225 Å². The number of fused-ring (bicyclic) bond motifs is 6. The highest BCUT2D eigenvalue weighted by atomic mass is 32.1. The highest BCUT2D eigenvalue weighted by molar-refractivity contribution is 7.26. The van der Waals surface area contributed by atoms with Gasteiger partial charge in [-0.25, -0.2) is 0 Å². The van der Waals surface area contributed by atoms with Gasteiger partial charge < -0.3 is 0 Å². The van der Waals surface area contributed by atoms with E-state index in [4.69, 9.17) is 4.98 Å². The number of benzene rings is 5. The van der Waals surface area contributed by atoms with Gasteiger partial charge in [0.1, 0.15) is 0 Å². The van der Waals surface area contributed by atoms with E-state index in [1.165, 1.54) is 64.8 Å². The van der Waals surface area contributed by atoms with E-state index in [0.29, 0.717) is 0 Å². The molecule has 2 heterocycles. The lowest BCUT2D eigenvalue weighted by Gasteiger charge is -2.11. The van der Waals surface area contributed by atoms with Crippen molar-refractivity contribution in [1.29, 1.82) is 0 Å². The number of thiophene rings is 1. The Morgan fingerprint density at radius 1 is 0.500 bits per heavy atom. The summed E-state index contributed by atoms with van der Waals surface area (Å²) in [5.74, 6) is 0. The number of aromatic nitrogens is 1. The summed E-state index contributed by atoms with van der Waals surface area (Å²) in [4.78, 5) is 5.09. The number of hydrogen-bond acceptors (Lipinski definition) is 2. The van der Waals surface area contributed by atoms with Crippen molar-refractivity contribution in [2.75, 3.05) is 0 Å². The maximum atomic E-state index is 5.09. The zero-order valence-corrected chi connectivity index (χ0v) is 21.5. The fourth-order valence-electron chi connectivity index (χ4n) is 5.95. The molecule has 0 amide bonds. The Morgan fingerprint density at radius 2 is 1.18 bits per heavy atom. The molecule has 7 aromatic rings. The summed E-state index contributed by atoms with van der Waals surface area (Å²) in [6.07, 6.45) is 0.859. The van der Waals surface area contributed by atoms with Gasteiger partial charge in [-0.05, 0) is 51.6 Å². The van der Waals surface area contributed by atoms with Crippen LogP contribution in [0.5, 0.6) is 0 Å². The van der Waals surface area contributed by atoms with E-state index in [2.05, 4.69) is 121 Å². The number of hydrogen-bond donors (Lipinski definition) is 0. The molecule has 0 saturated carbocycles. The molecule has 1 aliphatic carbocycles. The molecule has 0 saturated heterocycles. The average Bonchev–Trinajstić information content (AvgIpc) is 3.55. The molecule has 0 radical (unpaired) electrons. The zero-order valence-electron chi connectivity index (χ0n) is 20.7. The summed E-state index contributed by atoms with van der Waals surface area (Å²) in [6.45, 7) is 0. The molecule has 0 bridgehead atoms. The molecule has 0 unspecified atom stereocenters. The number of rotatable bonds is 3. The summed E-state index contributed by atoms with van der Waals surface area (Å²) in [6, 6.07) is 46.0. The van der Waals surface area contributed by atoms with Crippen LogP contribution in [0.15, 0.2) is 127 Å². The minimum Gasteiger partial charge on any atom is -0.252 e. The number of nitrogens with zero attached hydrogens (tertiary/aromatic N) is 1. The molecule has 2 aromatic heterocycles. The van der Waals surface area contributed by atoms with Crippen LogP contribution in [0.1, 0.15) is 11.3 Å². The first-order valence-corrected chi connectivity index (χ1v) is 13.8. The third kappa shape index (κ3) is 3.34. The minimum atomic E-state index is 0.859. The van der Waals surface area contributed by atoms with Crippen LogP contribution in [-0.2, 0) is 6.42 Å². The van der Waals surface area contributed by atoms with Gasteiger partial charge >= 0.3 is 0 Å². The molecular formula is C36H23NS. The van der Waals surface area contributed by atoms with Crippen molar-refractivity contribution in [3.8, 4) is 44.6 Å². The Morgan fingerprint density at radius 3 is 2.11 bits per heavy atom. The maximum Gasteiger partial charge on any atom is 0.0705 e. The van der Waals surface area contributed by atoms with Gasteiger partial charge in [0, 0.05) is 37.7 Å². The fraction of sp³-hybridized carbons (Fsp3) is 0.0278. The van der Waals surface area contributed by atoms with Gasteiger partial charge in [-0.3, -0.25) is 4.98 Å². The normalized spacial score (nSPS) is 12.1. The summed E-state index contributed by atoms with van der Waals surface area (Å²) in [7, 11) is 0. The van der Waals surface area contributed by atoms with Crippen molar-refractivity contribution in [1.82, 2.24) is 4.98 Å². The van der Waals surface area contributed by atoms with Gasteiger partial charge in [0.2, 0.25) is 0 Å². The van der Waals surface area contributed by atoms with E-state index in [9.17, 15) is 0 Å². The third-order valence-electron chi connectivity index (χ3n) is 7.74. The van der Waals surface area contributed by atoms with Crippen LogP contribution in [0.25, 0.3) is 64.8 Å². The molecule has 178 valence electrons. The molecule has 8 rings (SSSR count). The lowest BCUT2D eigenvalue weighted by Crippen LogP contribution is -1.91. The van der Waals surface area contributed by atoms with Crippen LogP contribution in [-0.4, -0.2) is 4.98 Å². The van der Waals surface area contributed by atoms with E-state index in [1.807, 2.05) is 17.4 Å². The Kier molecular flexibility index (Phi) is 4.83. The van der Waals surface area contributed by atoms with E-state index in [-0.39, 0.29) is 0 Å². The zero-order chi connectivity index (χ0) is 25.1. The number of pyridine rings is 1. The minimum absolute atomic E-state index is 0.859. The second-order valence-corrected chi connectivity index (χ2v) is 11.0. The Bertz CT molecular complexity index is 2000. The second-order valence-electron chi connectivity index (χ2n) is 9.93. The van der Waals surface area contributed by atoms with Crippen LogP contribution < -0.4 is 0 Å². The van der Waals surface area contributed by atoms with E-state index in [0.717, 1.165) is 17.7 Å². The van der Waals surface area contributed by atoms with Crippen molar-refractivity contribution in [2.24, 2.45) is 0 Å². The van der Waals surface area contributed by atoms with E-state index in [1.54, 1.807) is 0 Å². The molecule has 38 heavy (non-hydrogen) atoms. The van der Waals surface area contributed by atoms with Gasteiger partial charge in [-0.2, -0.15) is 0 Å². The second kappa shape index (κ2) is 8.51. The van der Waals surface area contributed by atoms with Crippen molar-refractivity contribution >= 4 is 31.5 Å². The molecule has 2 heteroatoms. The first-order valence-electron chi connectivity index (χ1n) is 13.0. The van der Waals surface area contributed by atoms with Crippen LogP contribution in [0.4, 0.5) is 0 Å². The maximum absolute atomic E-state index is 5.09. The molecule has 1 aliphatic rings. The third-order valence-corrected chi connectivity index (χ3v) is 8.96. The van der Waals surface area contributed by atoms with Crippen molar-refractivity contribution < 1.29 is 0 Å². The van der Waals surface area contributed by atoms with Gasteiger partial charge in [-0.1, -0.05) is 109 Å². The molecule has 0 fully saturated rings. The largest absolute Gasteiger partial charge is 0.252 e. The topological polar surface area (TPSA) is 12.9 Å². The summed E-state index contributed by atoms with van der Waals surface area (Å²) >= 11 is 1.89. The Hall–Kier alpha value is -4.53. The van der Waals surface area contributed by atoms with Gasteiger partial charge in [0.05, 0.1) is 11.4 Å². The monoisotopic (exact) mass is 501 g/mol. The van der Waals surface area contributed by atoms with Gasteiger partial charge in [0.15, 0.2) is 0 Å². The lowest BCUT2D eigenvalue weighted by molar-refractivity contribution is 1.13. The summed E-state index contributed by atoms with van der Waals surface area (Å²) in [5.41, 5.74) is 12.4. The van der Waals surface area contributed by atoms with Crippen molar-refractivity contribution in [2.45, 2.75) is 6.42 Å². The highest BCUT2D eigenvalue weighted by Crippen LogP contribution is 2.44. The molecule has 0 spiro atoms. The van der Waals surface area contributed by atoms with Crippen molar-refractivity contribution in [3.63, 3.8) is 0 Å². The fourth-order valence-corrected chi connectivity index (χ4v) is 7.19. The molecule has 0 aliphatic heterocycles. The van der Waals surface area contributed by atoms with Crippen LogP contribution in [0.3, 0.4) is 0 Å². The molecule has 5 aromatic carbocycles. The lowest BCUT2D eigenvalue weighted by atomic mass is 9.93. The molecule has 1 nitrogen and oxygen atoms in total. The van der Waals surface area contributed by atoms with E-state index >= 15 is 0 Å². The molecule has 0 N–H and O–H groups in total. The highest BCUT2D eigenvalue weighted by Gasteiger charge is 2.23. The average molecular weight is 502 g/mol. The standard InChI is InChI=1S/C36H23NS/c1-2-9-23(10-3-1)33-20-19-29-28-16-7-14-26(32(28)22-34(29)37-33)24-11-6-12-25(21-24)27-15-8-17-31-30-13-4-5-18-35(30)38-36(27)31/h1-21H,22H2. The van der Waals surface area contributed by atoms with Crippen LogP contribution >= 0.6 is 11.3 Å². The summed E-state index contributed by atoms with van der Waals surface area (Å²) < 4.78 is 2.70. The van der Waals surface area contributed by atoms with Crippen molar-refractivity contribution in [3.05, 3.63) is 139 Å². The van der Waals surface area contributed by atoms with Crippen LogP contribution in [0.2, 0.25) is 0 Å². The quantitative estimate of drug-likeness (QED) is 0.235. The predicted octanol–water partition coefficient (Wildman–Crippen LogP) is 10.0. The molecule has 0 atom stereocenters. The van der Waals surface area contributed by atoms with Gasteiger partial charge in [0.25, 0.3) is 0 Å². The first kappa shape index (κ1) is 21.5. The molecular weight excluding hydrogens is 478 g/mol. The van der Waals surface area contributed by atoms with E-state index < -0.39 is 0 Å². The SMILES string of the molecule is c1ccc(-c2ccc3c(n2)Cc2c(-c4cccc(-c5cccc6c5sc5ccccc56)c4)cccc2-3)cc1. The Balaban J connectivity index is 1.23. The predicted molar refractivity (Wildman–Crippen MR) is 162 cm³/mol. The first-order chi connectivity index (χ1) is 18.8. The van der Waals surface area contributed by atoms with Crippen LogP contribution in [0, 0.1) is 0 Å². The van der Waals surface area contributed by atoms with Gasteiger partial charge in [-0.15, -0.1) is 11.3 Å². The smallest absolute Gasteiger partial charge is 0.0705 e.